The molecule has 5 heteroatoms. The van der Waals surface area contributed by atoms with E-state index in [-0.39, 0.29) is 11.5 Å². The van der Waals surface area contributed by atoms with Crippen molar-refractivity contribution in [3.05, 3.63) is 63.6 Å². The van der Waals surface area contributed by atoms with Crippen molar-refractivity contribution in [1.29, 1.82) is 0 Å². The molecule has 0 spiro atoms. The Hall–Kier alpha value is -1.16. The van der Waals surface area contributed by atoms with Gasteiger partial charge < -0.3 is 0 Å². The van der Waals surface area contributed by atoms with E-state index in [1.54, 1.807) is 24.3 Å². The van der Waals surface area contributed by atoms with E-state index in [0.29, 0.717) is 20.5 Å². The van der Waals surface area contributed by atoms with Crippen LogP contribution >= 0.6 is 23.2 Å². The van der Waals surface area contributed by atoms with E-state index in [9.17, 15) is 9.00 Å². The summed E-state index contributed by atoms with van der Waals surface area (Å²) in [6.07, 6.45) is 0. The van der Waals surface area contributed by atoms with Gasteiger partial charge in [-0.05, 0) is 37.3 Å². The molecule has 0 radical (unpaired) electrons. The summed E-state index contributed by atoms with van der Waals surface area (Å²) in [5.41, 5.74) is 1.38. The minimum absolute atomic E-state index is 0.108. The van der Waals surface area contributed by atoms with Gasteiger partial charge in [-0.15, -0.1) is 0 Å². The number of carbonyl (C=O) groups excluding carboxylic acids is 1. The van der Waals surface area contributed by atoms with Gasteiger partial charge in [0, 0.05) is 15.5 Å². The fourth-order valence-electron chi connectivity index (χ4n) is 1.68. The van der Waals surface area contributed by atoms with Gasteiger partial charge in [0.1, 0.15) is 0 Å². The number of halogens is 2. The maximum Gasteiger partial charge on any atom is 0.177 e. The summed E-state index contributed by atoms with van der Waals surface area (Å²) >= 11 is 11.8. The molecular weight excluding hydrogens is 315 g/mol. The van der Waals surface area contributed by atoms with E-state index in [4.69, 9.17) is 23.2 Å². The first-order valence-corrected chi connectivity index (χ1v) is 7.98. The smallest absolute Gasteiger partial charge is 0.177 e. The second-order valence-electron chi connectivity index (χ2n) is 4.35. The first-order valence-electron chi connectivity index (χ1n) is 5.90. The van der Waals surface area contributed by atoms with Gasteiger partial charge in [0.2, 0.25) is 0 Å². The van der Waals surface area contributed by atoms with Gasteiger partial charge in [0.25, 0.3) is 0 Å². The van der Waals surface area contributed by atoms with Gasteiger partial charge >= 0.3 is 0 Å². The summed E-state index contributed by atoms with van der Waals surface area (Å²) in [6, 6.07) is 11.9. The van der Waals surface area contributed by atoms with Crippen molar-refractivity contribution in [3.63, 3.8) is 0 Å². The van der Waals surface area contributed by atoms with Crippen LogP contribution in [0, 0.1) is 6.92 Å². The summed E-state index contributed by atoms with van der Waals surface area (Å²) in [6.45, 7) is 1.95. The normalized spacial score (nSPS) is 12.2. The molecule has 2 nitrogen and oxygen atoms in total. The van der Waals surface area contributed by atoms with E-state index >= 15 is 0 Å². The Bertz CT molecular complexity index is 666. The third-order valence-corrected chi connectivity index (χ3v) is 4.66. The zero-order valence-corrected chi connectivity index (χ0v) is 13.1. The van der Waals surface area contributed by atoms with Crippen LogP contribution in [0.1, 0.15) is 15.9 Å². The Balaban J connectivity index is 2.17. The number of aryl methyl sites for hydroxylation is 1. The highest BCUT2D eigenvalue weighted by Crippen LogP contribution is 2.22. The van der Waals surface area contributed by atoms with E-state index < -0.39 is 10.8 Å². The van der Waals surface area contributed by atoms with Crippen molar-refractivity contribution in [2.24, 2.45) is 0 Å². The van der Waals surface area contributed by atoms with E-state index in [0.717, 1.165) is 5.56 Å². The molecule has 20 heavy (non-hydrogen) atoms. The molecular formula is C15H12Cl2O2S. The molecule has 0 heterocycles. The zero-order valence-electron chi connectivity index (χ0n) is 10.7. The number of ketones is 1. The molecule has 0 aliphatic heterocycles. The molecule has 2 aromatic carbocycles. The Morgan fingerprint density at radius 2 is 1.75 bits per heavy atom. The third-order valence-electron chi connectivity index (χ3n) is 2.77. The highest BCUT2D eigenvalue weighted by Gasteiger charge is 2.15. The molecule has 2 aromatic rings. The molecule has 0 fully saturated rings. The van der Waals surface area contributed by atoms with Crippen molar-refractivity contribution in [1.82, 2.24) is 0 Å². The van der Waals surface area contributed by atoms with Crippen molar-refractivity contribution in [2.45, 2.75) is 11.8 Å². The van der Waals surface area contributed by atoms with Crippen LogP contribution in [0.25, 0.3) is 0 Å². The van der Waals surface area contributed by atoms with Crippen molar-refractivity contribution in [3.8, 4) is 0 Å². The summed E-state index contributed by atoms with van der Waals surface area (Å²) in [5, 5.41) is 0.749. The lowest BCUT2D eigenvalue weighted by Gasteiger charge is -2.05. The van der Waals surface area contributed by atoms with Gasteiger partial charge in [-0.2, -0.15) is 0 Å². The first-order chi connectivity index (χ1) is 9.47. The highest BCUT2D eigenvalue weighted by atomic mass is 35.5. The highest BCUT2D eigenvalue weighted by molar-refractivity contribution is 7.85. The molecule has 0 bridgehead atoms. The lowest BCUT2D eigenvalue weighted by atomic mass is 10.1. The Labute approximate surface area is 130 Å². The van der Waals surface area contributed by atoms with Crippen LogP contribution in [0.15, 0.2) is 47.4 Å². The molecule has 1 unspecified atom stereocenters. The molecule has 0 saturated heterocycles. The quantitative estimate of drug-likeness (QED) is 0.785. The third kappa shape index (κ3) is 3.69. The van der Waals surface area contributed by atoms with Gasteiger partial charge in [0.15, 0.2) is 5.78 Å². The monoisotopic (exact) mass is 326 g/mol. The van der Waals surface area contributed by atoms with Crippen molar-refractivity contribution < 1.29 is 9.00 Å². The Morgan fingerprint density at radius 1 is 1.10 bits per heavy atom. The fraction of sp³-hybridized carbons (Fsp3) is 0.133. The summed E-state index contributed by atoms with van der Waals surface area (Å²) in [4.78, 5) is 12.8. The summed E-state index contributed by atoms with van der Waals surface area (Å²) < 4.78 is 12.2. The van der Waals surface area contributed by atoms with Gasteiger partial charge in [0.05, 0.1) is 21.6 Å². The second-order valence-corrected chi connectivity index (χ2v) is 6.65. The first kappa shape index (κ1) is 15.2. The minimum atomic E-state index is -1.39. The van der Waals surface area contributed by atoms with Gasteiger partial charge in [-0.1, -0.05) is 40.9 Å². The molecule has 2 rings (SSSR count). The number of carbonyl (C=O) groups is 1. The predicted octanol–water partition coefficient (Wildman–Crippen LogP) is 4.29. The fourth-order valence-corrected chi connectivity index (χ4v) is 3.08. The number of rotatable bonds is 4. The van der Waals surface area contributed by atoms with Crippen LogP contribution in [-0.4, -0.2) is 15.7 Å². The minimum Gasteiger partial charge on any atom is -0.293 e. The van der Waals surface area contributed by atoms with Gasteiger partial charge in [-0.3, -0.25) is 9.00 Å². The van der Waals surface area contributed by atoms with Crippen LogP contribution in [0.4, 0.5) is 0 Å². The van der Waals surface area contributed by atoms with E-state index in [1.165, 1.54) is 6.07 Å². The standard InChI is InChI=1S/C15H12Cl2O2S/c1-10-2-5-12(6-3-10)20(19)9-15(18)13-8-11(16)4-7-14(13)17/h2-8H,9H2,1H3. The molecule has 0 aromatic heterocycles. The SMILES string of the molecule is Cc1ccc(S(=O)CC(=O)c2cc(Cl)ccc2Cl)cc1. The van der Waals surface area contributed by atoms with Crippen molar-refractivity contribution in [2.75, 3.05) is 5.75 Å². The number of Topliss-reactive ketones (excluding diaryl/α,β-unsaturated/α-hetero) is 1. The van der Waals surface area contributed by atoms with Crippen LogP contribution in [0.3, 0.4) is 0 Å². The molecule has 0 N–H and O–H groups in total. The lowest BCUT2D eigenvalue weighted by molar-refractivity contribution is 0.102. The molecule has 104 valence electrons. The molecule has 0 saturated carbocycles. The molecule has 0 amide bonds. The number of hydrogen-bond donors (Lipinski definition) is 0. The van der Waals surface area contributed by atoms with Crippen LogP contribution in [0.5, 0.6) is 0 Å². The zero-order chi connectivity index (χ0) is 14.7. The maximum absolute atomic E-state index is 12.2. The lowest BCUT2D eigenvalue weighted by Crippen LogP contribution is -2.11. The maximum atomic E-state index is 12.2. The van der Waals surface area contributed by atoms with E-state index in [2.05, 4.69) is 0 Å². The summed E-state index contributed by atoms with van der Waals surface area (Å²) in [7, 11) is -1.39. The summed E-state index contributed by atoms with van der Waals surface area (Å²) in [5.74, 6) is -0.389. The van der Waals surface area contributed by atoms with Gasteiger partial charge in [-0.25, -0.2) is 0 Å². The molecule has 0 aliphatic rings. The van der Waals surface area contributed by atoms with E-state index in [1.807, 2.05) is 19.1 Å². The molecule has 1 atom stereocenters. The second kappa shape index (κ2) is 6.53. The predicted molar refractivity (Wildman–Crippen MR) is 83.2 cm³/mol. The Morgan fingerprint density at radius 3 is 2.40 bits per heavy atom. The molecule has 0 aliphatic carbocycles. The topological polar surface area (TPSA) is 34.1 Å². The van der Waals surface area contributed by atoms with Crippen LogP contribution < -0.4 is 0 Å². The number of benzene rings is 2. The van der Waals surface area contributed by atoms with Crippen molar-refractivity contribution >= 4 is 39.8 Å². The largest absolute Gasteiger partial charge is 0.293 e. The van der Waals surface area contributed by atoms with Crippen LogP contribution in [0.2, 0.25) is 10.0 Å². The average Bonchev–Trinajstić information content (AvgIpc) is 2.42. The van der Waals surface area contributed by atoms with Crippen LogP contribution in [-0.2, 0) is 10.8 Å². The number of hydrogen-bond acceptors (Lipinski definition) is 2. The average molecular weight is 327 g/mol. The Kier molecular flexibility index (Phi) is 4.97.